The number of halogens is 1. The third kappa shape index (κ3) is 7.27. The summed E-state index contributed by atoms with van der Waals surface area (Å²) in [5.41, 5.74) is 2.67. The van der Waals surface area contributed by atoms with Crippen molar-refractivity contribution in [2.45, 2.75) is 39.3 Å². The number of hydrogen-bond acceptors (Lipinski definition) is 3. The van der Waals surface area contributed by atoms with Gasteiger partial charge in [0.2, 0.25) is 0 Å². The van der Waals surface area contributed by atoms with Crippen LogP contribution in [-0.2, 0) is 20.0 Å². The number of nitrogens with zero attached hydrogens (tertiary/aromatic N) is 5. The molecule has 1 aromatic carbocycles. The molecule has 1 aromatic heterocycles. The first-order chi connectivity index (χ1) is 14.0. The van der Waals surface area contributed by atoms with E-state index in [0.29, 0.717) is 12.0 Å². The molecule has 0 aliphatic carbocycles. The number of aromatic nitrogens is 2. The van der Waals surface area contributed by atoms with Gasteiger partial charge in [0, 0.05) is 45.5 Å². The first-order valence-electron chi connectivity index (χ1n) is 10.8. The number of nitrogens with one attached hydrogen (secondary N) is 1. The van der Waals surface area contributed by atoms with Gasteiger partial charge in [-0.3, -0.25) is 14.6 Å². The second kappa shape index (κ2) is 12.3. The molecule has 2 atom stereocenters. The maximum absolute atomic E-state index is 4.98. The Morgan fingerprint density at radius 3 is 2.73 bits per heavy atom. The molecule has 0 saturated carbocycles. The summed E-state index contributed by atoms with van der Waals surface area (Å²) in [5, 5.41) is 7.80. The Labute approximate surface area is 198 Å². The average Bonchev–Trinajstić information content (AvgIpc) is 3.34. The van der Waals surface area contributed by atoms with Crippen molar-refractivity contribution in [3.05, 3.63) is 53.9 Å². The van der Waals surface area contributed by atoms with Gasteiger partial charge in [-0.25, -0.2) is 0 Å². The Kier molecular flexibility index (Phi) is 10.1. The lowest BCUT2D eigenvalue weighted by Gasteiger charge is -2.26. The van der Waals surface area contributed by atoms with Crippen LogP contribution >= 0.6 is 24.0 Å². The molecule has 2 heterocycles. The van der Waals surface area contributed by atoms with Crippen molar-refractivity contribution in [2.24, 2.45) is 18.0 Å². The molecule has 1 N–H and O–H groups in total. The maximum atomic E-state index is 4.98. The van der Waals surface area contributed by atoms with Crippen LogP contribution in [0.1, 0.15) is 31.4 Å². The largest absolute Gasteiger partial charge is 0.357 e. The van der Waals surface area contributed by atoms with E-state index in [1.54, 1.807) is 0 Å². The Hall–Kier alpha value is -1.61. The fourth-order valence-electron chi connectivity index (χ4n) is 3.91. The van der Waals surface area contributed by atoms with Gasteiger partial charge < -0.3 is 10.2 Å². The molecule has 0 radical (unpaired) electrons. The van der Waals surface area contributed by atoms with Gasteiger partial charge in [-0.1, -0.05) is 30.3 Å². The van der Waals surface area contributed by atoms with E-state index in [9.17, 15) is 0 Å². The summed E-state index contributed by atoms with van der Waals surface area (Å²) in [7, 11) is 4.16. The number of likely N-dealkylation sites (tertiary alicyclic amines) is 1. The molecule has 0 amide bonds. The molecular formula is C23H37IN6. The van der Waals surface area contributed by atoms with Crippen molar-refractivity contribution < 1.29 is 0 Å². The van der Waals surface area contributed by atoms with E-state index in [4.69, 9.17) is 4.99 Å². The molecule has 1 fully saturated rings. The van der Waals surface area contributed by atoms with Gasteiger partial charge >= 0.3 is 0 Å². The predicted octanol–water partition coefficient (Wildman–Crippen LogP) is 3.39. The van der Waals surface area contributed by atoms with Crippen molar-refractivity contribution in [1.82, 2.24) is 24.9 Å². The minimum Gasteiger partial charge on any atom is -0.357 e. The summed E-state index contributed by atoms with van der Waals surface area (Å²) < 4.78 is 1.89. The molecule has 0 bridgehead atoms. The predicted molar refractivity (Wildman–Crippen MR) is 135 cm³/mol. The Balaban J connectivity index is 0.00000320. The fraction of sp³-hybridized carbons (Fsp3) is 0.565. The van der Waals surface area contributed by atoms with E-state index in [2.05, 4.69) is 77.6 Å². The topological polar surface area (TPSA) is 48.7 Å². The molecule has 30 heavy (non-hydrogen) atoms. The molecule has 2 aromatic rings. The highest BCUT2D eigenvalue weighted by Crippen LogP contribution is 2.21. The number of benzene rings is 1. The lowest BCUT2D eigenvalue weighted by atomic mass is 10.0. The molecule has 6 nitrogen and oxygen atoms in total. The summed E-state index contributed by atoms with van der Waals surface area (Å²) in [5.74, 6) is 1.72. The molecule has 3 rings (SSSR count). The zero-order valence-electron chi connectivity index (χ0n) is 18.8. The van der Waals surface area contributed by atoms with Crippen molar-refractivity contribution in [3.8, 4) is 0 Å². The number of rotatable bonds is 8. The van der Waals surface area contributed by atoms with E-state index in [-0.39, 0.29) is 24.0 Å². The van der Waals surface area contributed by atoms with Crippen LogP contribution < -0.4 is 5.32 Å². The van der Waals surface area contributed by atoms with Crippen molar-refractivity contribution >= 4 is 29.9 Å². The number of likely N-dealkylation sites (N-methyl/N-ethyl adjacent to an activating group) is 1. The first kappa shape index (κ1) is 24.7. The van der Waals surface area contributed by atoms with Gasteiger partial charge in [-0.15, -0.1) is 24.0 Å². The van der Waals surface area contributed by atoms with E-state index in [0.717, 1.165) is 45.1 Å². The van der Waals surface area contributed by atoms with E-state index in [1.807, 2.05) is 17.9 Å². The van der Waals surface area contributed by atoms with Gasteiger partial charge in [0.05, 0.1) is 12.7 Å². The minimum atomic E-state index is 0. The number of hydrogen-bond donors (Lipinski definition) is 1. The van der Waals surface area contributed by atoms with Crippen LogP contribution in [-0.4, -0.2) is 64.8 Å². The van der Waals surface area contributed by atoms with Gasteiger partial charge in [-0.05, 0) is 50.8 Å². The standard InChI is InChI=1S/C23H36N6.HI/c1-5-24-23(25-14-19(2)27(3)16-20-9-7-6-8-10-20)29-12-11-21(18-29)13-22-15-26-28(4)17-22;/h6-10,15,17,19,21H,5,11-14,16,18H2,1-4H3,(H,24,25);1H. The molecule has 0 spiro atoms. The monoisotopic (exact) mass is 524 g/mol. The van der Waals surface area contributed by atoms with Crippen LogP contribution in [0.4, 0.5) is 0 Å². The zero-order valence-corrected chi connectivity index (χ0v) is 21.1. The van der Waals surface area contributed by atoms with Crippen LogP contribution in [0.3, 0.4) is 0 Å². The summed E-state index contributed by atoms with van der Waals surface area (Å²) in [6.07, 6.45) is 6.43. The molecule has 1 aliphatic rings. The van der Waals surface area contributed by atoms with Crippen molar-refractivity contribution in [3.63, 3.8) is 0 Å². The number of aryl methyl sites for hydroxylation is 1. The van der Waals surface area contributed by atoms with Crippen LogP contribution in [0.25, 0.3) is 0 Å². The lowest BCUT2D eigenvalue weighted by molar-refractivity contribution is 0.254. The second-order valence-corrected chi connectivity index (χ2v) is 8.27. The fourth-order valence-corrected chi connectivity index (χ4v) is 3.91. The molecular weight excluding hydrogens is 487 g/mol. The first-order valence-corrected chi connectivity index (χ1v) is 10.8. The third-order valence-electron chi connectivity index (χ3n) is 5.74. The zero-order chi connectivity index (χ0) is 20.6. The van der Waals surface area contributed by atoms with Crippen LogP contribution in [0.2, 0.25) is 0 Å². The van der Waals surface area contributed by atoms with Crippen LogP contribution in [0.5, 0.6) is 0 Å². The number of guanidine groups is 1. The van der Waals surface area contributed by atoms with Gasteiger partial charge in [0.1, 0.15) is 0 Å². The van der Waals surface area contributed by atoms with Crippen molar-refractivity contribution in [1.29, 1.82) is 0 Å². The Morgan fingerprint density at radius 2 is 2.07 bits per heavy atom. The number of aliphatic imine (C=N–C) groups is 1. The second-order valence-electron chi connectivity index (χ2n) is 8.27. The van der Waals surface area contributed by atoms with Gasteiger partial charge in [-0.2, -0.15) is 5.10 Å². The SMILES string of the molecule is CCNC(=NCC(C)N(C)Cc1ccccc1)N1CCC(Cc2cnn(C)c2)C1.I. The summed E-state index contributed by atoms with van der Waals surface area (Å²) in [6, 6.07) is 11.0. The van der Waals surface area contributed by atoms with E-state index < -0.39 is 0 Å². The third-order valence-corrected chi connectivity index (χ3v) is 5.74. The Bertz CT molecular complexity index is 775. The van der Waals surface area contributed by atoms with Crippen molar-refractivity contribution in [2.75, 3.05) is 33.2 Å². The highest BCUT2D eigenvalue weighted by molar-refractivity contribution is 14.0. The maximum Gasteiger partial charge on any atom is 0.193 e. The molecule has 166 valence electrons. The Morgan fingerprint density at radius 1 is 1.30 bits per heavy atom. The summed E-state index contributed by atoms with van der Waals surface area (Å²) in [4.78, 5) is 9.77. The van der Waals surface area contributed by atoms with Crippen LogP contribution in [0, 0.1) is 5.92 Å². The molecule has 1 saturated heterocycles. The minimum absolute atomic E-state index is 0. The molecule has 2 unspecified atom stereocenters. The van der Waals surface area contributed by atoms with Gasteiger partial charge in [0.15, 0.2) is 5.96 Å². The normalized spacial score (nSPS) is 17.8. The average molecular weight is 524 g/mol. The van der Waals surface area contributed by atoms with Gasteiger partial charge in [0.25, 0.3) is 0 Å². The summed E-state index contributed by atoms with van der Waals surface area (Å²) >= 11 is 0. The molecule has 7 heteroatoms. The lowest BCUT2D eigenvalue weighted by Crippen LogP contribution is -2.41. The highest BCUT2D eigenvalue weighted by Gasteiger charge is 2.25. The highest BCUT2D eigenvalue weighted by atomic mass is 127. The van der Waals surface area contributed by atoms with E-state index >= 15 is 0 Å². The quantitative estimate of drug-likeness (QED) is 0.327. The smallest absolute Gasteiger partial charge is 0.193 e. The van der Waals surface area contributed by atoms with E-state index in [1.165, 1.54) is 17.5 Å². The van der Waals surface area contributed by atoms with Crippen LogP contribution in [0.15, 0.2) is 47.7 Å². The molecule has 1 aliphatic heterocycles. The summed E-state index contributed by atoms with van der Waals surface area (Å²) in [6.45, 7) is 9.19.